The second-order valence-electron chi connectivity index (χ2n) is 4.04. The number of imidazole rings is 1. The highest BCUT2D eigenvalue weighted by Gasteiger charge is 2.17. The van der Waals surface area contributed by atoms with Crippen molar-refractivity contribution in [2.45, 2.75) is 31.0 Å². The Hall–Kier alpha value is -0.810. The van der Waals surface area contributed by atoms with Crippen molar-refractivity contribution in [3.05, 3.63) is 17.3 Å². The van der Waals surface area contributed by atoms with Crippen LogP contribution in [0.4, 0.5) is 0 Å². The summed E-state index contributed by atoms with van der Waals surface area (Å²) in [6, 6.07) is 0. The van der Waals surface area contributed by atoms with Gasteiger partial charge in [-0.1, -0.05) is 20.8 Å². The zero-order valence-electron chi connectivity index (χ0n) is 9.51. The van der Waals surface area contributed by atoms with Gasteiger partial charge in [-0.3, -0.25) is 9.20 Å². The van der Waals surface area contributed by atoms with Crippen LogP contribution in [0.15, 0.2) is 16.6 Å². The predicted octanol–water partition coefficient (Wildman–Crippen LogP) is 3.34. The Labute approximate surface area is 103 Å². The molecule has 2 rings (SSSR count). The smallest absolute Gasteiger partial charge is 0.195 e. The minimum Gasteiger partial charge on any atom is -0.296 e. The standard InChI is InChI=1S/C11H14N2OS2/c1-7(2)8(3)16-10-9(6-14)13-4-5-15-11(13)12-10/h4-8H,1-3H3. The van der Waals surface area contributed by atoms with Crippen molar-refractivity contribution in [2.75, 3.05) is 0 Å². The van der Waals surface area contributed by atoms with Gasteiger partial charge in [0.25, 0.3) is 0 Å². The first kappa shape index (κ1) is 11.7. The molecule has 0 fully saturated rings. The maximum absolute atomic E-state index is 11.1. The van der Waals surface area contributed by atoms with E-state index in [1.807, 2.05) is 16.0 Å². The molecular weight excluding hydrogens is 240 g/mol. The minimum absolute atomic E-state index is 0.461. The molecule has 2 aromatic rings. The maximum atomic E-state index is 11.1. The fourth-order valence-electron chi connectivity index (χ4n) is 1.29. The first-order chi connectivity index (χ1) is 7.63. The summed E-state index contributed by atoms with van der Waals surface area (Å²) in [7, 11) is 0. The largest absolute Gasteiger partial charge is 0.296 e. The minimum atomic E-state index is 0.461. The average molecular weight is 254 g/mol. The lowest BCUT2D eigenvalue weighted by Crippen LogP contribution is -2.06. The van der Waals surface area contributed by atoms with E-state index in [-0.39, 0.29) is 0 Å². The average Bonchev–Trinajstić information content (AvgIpc) is 2.77. The molecular formula is C11H14N2OS2. The van der Waals surface area contributed by atoms with Gasteiger partial charge in [0.05, 0.1) is 0 Å². The van der Waals surface area contributed by atoms with Gasteiger partial charge in [-0.15, -0.1) is 23.1 Å². The van der Waals surface area contributed by atoms with Crippen molar-refractivity contribution in [2.24, 2.45) is 5.92 Å². The van der Waals surface area contributed by atoms with E-state index in [0.29, 0.717) is 16.9 Å². The van der Waals surface area contributed by atoms with Gasteiger partial charge >= 0.3 is 0 Å². The second-order valence-corrected chi connectivity index (χ2v) is 6.28. The molecule has 0 aliphatic heterocycles. The number of hydrogen-bond donors (Lipinski definition) is 0. The highest BCUT2D eigenvalue weighted by atomic mass is 32.2. The van der Waals surface area contributed by atoms with Crippen molar-refractivity contribution in [1.82, 2.24) is 9.38 Å². The SMILES string of the molecule is CC(C)C(C)Sc1nc2sccn2c1C=O. The van der Waals surface area contributed by atoms with E-state index in [4.69, 9.17) is 0 Å². The molecule has 5 heteroatoms. The normalized spacial score (nSPS) is 13.5. The summed E-state index contributed by atoms with van der Waals surface area (Å²) >= 11 is 3.23. The van der Waals surface area contributed by atoms with Gasteiger partial charge in [-0.2, -0.15) is 0 Å². The number of carbonyl (C=O) groups excluding carboxylic acids is 1. The van der Waals surface area contributed by atoms with Crippen LogP contribution in [0.3, 0.4) is 0 Å². The van der Waals surface area contributed by atoms with E-state index in [1.54, 1.807) is 23.1 Å². The van der Waals surface area contributed by atoms with Crippen LogP contribution < -0.4 is 0 Å². The summed E-state index contributed by atoms with van der Waals surface area (Å²) in [4.78, 5) is 16.5. The van der Waals surface area contributed by atoms with Crippen molar-refractivity contribution in [3.63, 3.8) is 0 Å². The topological polar surface area (TPSA) is 34.4 Å². The number of aldehydes is 1. The van der Waals surface area contributed by atoms with E-state index < -0.39 is 0 Å². The third-order valence-electron chi connectivity index (χ3n) is 2.61. The number of rotatable bonds is 4. The molecule has 1 atom stereocenters. The number of aromatic nitrogens is 2. The molecule has 0 aliphatic rings. The number of thioether (sulfide) groups is 1. The van der Waals surface area contributed by atoms with E-state index in [0.717, 1.165) is 16.3 Å². The molecule has 0 aliphatic carbocycles. The number of fused-ring (bicyclic) bond motifs is 1. The summed E-state index contributed by atoms with van der Waals surface area (Å²) < 4.78 is 1.85. The van der Waals surface area contributed by atoms with E-state index in [1.165, 1.54) is 0 Å². The van der Waals surface area contributed by atoms with Crippen molar-refractivity contribution in [1.29, 1.82) is 0 Å². The zero-order valence-corrected chi connectivity index (χ0v) is 11.1. The lowest BCUT2D eigenvalue weighted by molar-refractivity contribution is 0.111. The molecule has 0 N–H and O–H groups in total. The van der Waals surface area contributed by atoms with E-state index in [2.05, 4.69) is 25.8 Å². The van der Waals surface area contributed by atoms with Gasteiger partial charge in [0.2, 0.25) is 0 Å². The highest BCUT2D eigenvalue weighted by molar-refractivity contribution is 7.99. The number of hydrogen-bond acceptors (Lipinski definition) is 4. The van der Waals surface area contributed by atoms with Gasteiger partial charge in [-0.05, 0) is 5.92 Å². The van der Waals surface area contributed by atoms with Crippen LogP contribution >= 0.6 is 23.1 Å². The maximum Gasteiger partial charge on any atom is 0.195 e. The highest BCUT2D eigenvalue weighted by Crippen LogP contribution is 2.30. The lowest BCUT2D eigenvalue weighted by Gasteiger charge is -2.13. The van der Waals surface area contributed by atoms with Crippen molar-refractivity contribution < 1.29 is 4.79 Å². The molecule has 0 aromatic carbocycles. The Morgan fingerprint density at radius 1 is 1.50 bits per heavy atom. The van der Waals surface area contributed by atoms with Crippen LogP contribution in [-0.4, -0.2) is 20.9 Å². The summed E-state index contributed by atoms with van der Waals surface area (Å²) in [5.41, 5.74) is 0.675. The van der Waals surface area contributed by atoms with Crippen LogP contribution in [0.25, 0.3) is 4.96 Å². The number of nitrogens with zero attached hydrogens (tertiary/aromatic N) is 2. The molecule has 2 heterocycles. The Bertz CT molecular complexity index is 501. The van der Waals surface area contributed by atoms with Gasteiger partial charge in [0.15, 0.2) is 11.2 Å². The van der Waals surface area contributed by atoms with Crippen molar-refractivity contribution in [3.8, 4) is 0 Å². The third kappa shape index (κ3) is 2.01. The molecule has 3 nitrogen and oxygen atoms in total. The molecule has 86 valence electrons. The predicted molar refractivity (Wildman–Crippen MR) is 68.6 cm³/mol. The molecule has 0 saturated carbocycles. The Morgan fingerprint density at radius 3 is 2.88 bits per heavy atom. The molecule has 16 heavy (non-hydrogen) atoms. The van der Waals surface area contributed by atoms with E-state index in [9.17, 15) is 4.79 Å². The summed E-state index contributed by atoms with van der Waals surface area (Å²) in [6.07, 6.45) is 2.78. The lowest BCUT2D eigenvalue weighted by atomic mass is 10.2. The molecule has 0 bridgehead atoms. The second kappa shape index (κ2) is 4.59. The van der Waals surface area contributed by atoms with Crippen molar-refractivity contribution >= 4 is 34.3 Å². The molecule has 2 aromatic heterocycles. The van der Waals surface area contributed by atoms with Gasteiger partial charge in [0, 0.05) is 16.8 Å². The van der Waals surface area contributed by atoms with E-state index >= 15 is 0 Å². The van der Waals surface area contributed by atoms with Crippen LogP contribution in [0.1, 0.15) is 31.3 Å². The van der Waals surface area contributed by atoms with Crippen LogP contribution in [0, 0.1) is 5.92 Å². The summed E-state index contributed by atoms with van der Waals surface area (Å²) in [5.74, 6) is 0.573. The molecule has 1 unspecified atom stereocenters. The van der Waals surface area contributed by atoms with Crippen LogP contribution in [-0.2, 0) is 0 Å². The fourth-order valence-corrected chi connectivity index (χ4v) is 3.10. The third-order valence-corrected chi connectivity index (χ3v) is 4.81. The van der Waals surface area contributed by atoms with Crippen LogP contribution in [0.2, 0.25) is 0 Å². The first-order valence-electron chi connectivity index (χ1n) is 5.21. The Balaban J connectivity index is 2.36. The zero-order chi connectivity index (χ0) is 11.7. The molecule has 0 amide bonds. The Morgan fingerprint density at radius 2 is 2.25 bits per heavy atom. The first-order valence-corrected chi connectivity index (χ1v) is 6.96. The monoisotopic (exact) mass is 254 g/mol. The van der Waals surface area contributed by atoms with Gasteiger partial charge in [-0.25, -0.2) is 4.98 Å². The fraction of sp³-hybridized carbons (Fsp3) is 0.455. The van der Waals surface area contributed by atoms with Gasteiger partial charge in [0.1, 0.15) is 10.7 Å². The van der Waals surface area contributed by atoms with Crippen LogP contribution in [0.5, 0.6) is 0 Å². The Kier molecular flexibility index (Phi) is 3.35. The number of thiazole rings is 1. The molecule has 0 saturated heterocycles. The summed E-state index contributed by atoms with van der Waals surface area (Å²) in [5, 5.41) is 3.25. The van der Waals surface area contributed by atoms with Gasteiger partial charge < -0.3 is 0 Å². The molecule has 0 spiro atoms. The number of carbonyl (C=O) groups is 1. The molecule has 0 radical (unpaired) electrons. The summed E-state index contributed by atoms with van der Waals surface area (Å²) in [6.45, 7) is 6.52. The quantitative estimate of drug-likeness (QED) is 0.620.